The van der Waals surface area contributed by atoms with Gasteiger partial charge in [-0.1, -0.05) is 51.2 Å². The molecule has 0 aromatic carbocycles. The molecule has 0 aromatic heterocycles. The predicted molar refractivity (Wildman–Crippen MR) is 122 cm³/mol. The van der Waals surface area contributed by atoms with Crippen LogP contribution in [0, 0.1) is 0 Å². The minimum Gasteiger partial charge on any atom is -0.481 e. The fourth-order valence-corrected chi connectivity index (χ4v) is 3.83. The molecule has 180 valence electrons. The molecule has 0 saturated heterocycles. The lowest BCUT2D eigenvalue weighted by Crippen LogP contribution is -2.52. The summed E-state index contributed by atoms with van der Waals surface area (Å²) >= 11 is 0. The highest BCUT2D eigenvalue weighted by molar-refractivity contribution is 5.67. The summed E-state index contributed by atoms with van der Waals surface area (Å²) in [6.07, 6.45) is 17.0. The van der Waals surface area contributed by atoms with Gasteiger partial charge in [0.25, 0.3) is 0 Å². The summed E-state index contributed by atoms with van der Waals surface area (Å²) in [5.41, 5.74) is 0. The topological polar surface area (TPSA) is 112 Å². The van der Waals surface area contributed by atoms with Gasteiger partial charge in [0, 0.05) is 0 Å². The minimum atomic E-state index is -0.940. The first-order chi connectivity index (χ1) is 14.8. The van der Waals surface area contributed by atoms with Crippen molar-refractivity contribution < 1.29 is 34.2 Å². The van der Waals surface area contributed by atoms with E-state index in [4.69, 9.17) is 15.3 Å². The number of rotatable bonds is 22. The molecule has 0 spiro atoms. The second kappa shape index (κ2) is 18.8. The number of allylic oxidation sites excluding steroid dienone is 2. The van der Waals surface area contributed by atoms with Gasteiger partial charge in [0.05, 0.1) is 45.4 Å². The molecule has 31 heavy (non-hydrogen) atoms. The Morgan fingerprint density at radius 2 is 0.968 bits per heavy atom. The Balaban J connectivity index is 4.32. The average molecular weight is 443 g/mol. The van der Waals surface area contributed by atoms with Crippen molar-refractivity contribution in [3.63, 3.8) is 0 Å². The van der Waals surface area contributed by atoms with Crippen molar-refractivity contribution in [2.24, 2.45) is 0 Å². The van der Waals surface area contributed by atoms with Crippen LogP contribution in [-0.2, 0) is 14.4 Å². The average Bonchev–Trinajstić information content (AvgIpc) is 2.72. The molecule has 0 aliphatic heterocycles. The maximum Gasteiger partial charge on any atom is 0.309 e. The fraction of sp³-hybridized carbons (Fsp3) is 0.792. The van der Waals surface area contributed by atoms with Crippen molar-refractivity contribution in [3.05, 3.63) is 12.2 Å². The molecule has 0 saturated carbocycles. The second-order valence-electron chi connectivity index (χ2n) is 8.54. The van der Waals surface area contributed by atoms with Gasteiger partial charge in [-0.2, -0.15) is 0 Å². The van der Waals surface area contributed by atoms with Crippen molar-refractivity contribution >= 4 is 17.9 Å². The van der Waals surface area contributed by atoms with Crippen LogP contribution in [0.5, 0.6) is 0 Å². The van der Waals surface area contributed by atoms with Gasteiger partial charge in [-0.3, -0.25) is 14.4 Å². The van der Waals surface area contributed by atoms with Crippen LogP contribution in [0.4, 0.5) is 0 Å². The number of carboxylic acid groups (broad SMARTS) is 3. The molecule has 0 amide bonds. The van der Waals surface area contributed by atoms with Crippen LogP contribution in [0.3, 0.4) is 0 Å². The molecule has 3 N–H and O–H groups in total. The normalized spacial score (nSPS) is 11.8. The van der Waals surface area contributed by atoms with Gasteiger partial charge in [0.2, 0.25) is 0 Å². The summed E-state index contributed by atoms with van der Waals surface area (Å²) in [7, 11) is 0. The molecule has 0 aliphatic carbocycles. The van der Waals surface area contributed by atoms with E-state index >= 15 is 0 Å². The van der Waals surface area contributed by atoms with E-state index in [0.717, 1.165) is 38.5 Å². The zero-order valence-corrected chi connectivity index (χ0v) is 19.4. The largest absolute Gasteiger partial charge is 0.481 e. The first-order valence-electron chi connectivity index (χ1n) is 12.0. The van der Waals surface area contributed by atoms with Crippen LogP contribution >= 0.6 is 0 Å². The number of quaternary nitrogens is 1. The third-order valence-corrected chi connectivity index (χ3v) is 5.79. The predicted octanol–water partition coefficient (Wildman–Crippen LogP) is 5.09. The maximum absolute atomic E-state index is 11.1. The van der Waals surface area contributed by atoms with Gasteiger partial charge in [-0.15, -0.1) is 0 Å². The number of carboxylic acids is 3. The zero-order chi connectivity index (χ0) is 23.4. The molecule has 7 heteroatoms. The van der Waals surface area contributed by atoms with Crippen molar-refractivity contribution in [2.75, 3.05) is 26.2 Å². The molecule has 0 atom stereocenters. The number of hydrogen-bond donors (Lipinski definition) is 3. The van der Waals surface area contributed by atoms with Crippen LogP contribution in [-0.4, -0.2) is 63.9 Å². The van der Waals surface area contributed by atoms with E-state index in [1.807, 2.05) is 0 Å². The van der Waals surface area contributed by atoms with Crippen LogP contribution in [0.1, 0.15) is 96.8 Å². The van der Waals surface area contributed by atoms with E-state index in [1.165, 1.54) is 32.1 Å². The van der Waals surface area contributed by atoms with Crippen molar-refractivity contribution in [1.29, 1.82) is 0 Å². The second-order valence-corrected chi connectivity index (χ2v) is 8.54. The number of unbranched alkanes of at least 4 members (excludes halogenated alkanes) is 9. The van der Waals surface area contributed by atoms with E-state index in [0.29, 0.717) is 6.54 Å². The van der Waals surface area contributed by atoms with Gasteiger partial charge in [-0.25, -0.2) is 0 Å². The molecule has 0 rings (SSSR count). The Kier molecular flexibility index (Phi) is 17.7. The summed E-state index contributed by atoms with van der Waals surface area (Å²) in [6.45, 7) is 3.67. The molecule has 0 aliphatic rings. The van der Waals surface area contributed by atoms with Gasteiger partial charge < -0.3 is 19.8 Å². The Bertz CT molecular complexity index is 487. The summed E-state index contributed by atoms with van der Waals surface area (Å²) in [5.74, 6) is -2.82. The molecule has 0 bridgehead atoms. The standard InChI is InChI=1S/C24H43NO6/c1-2-3-4-5-6-7-8-9-10-11-12-13-14-18-25(19-15-22(26)27,20-16-23(28)29)21-17-24(30)31/h8-9H,2-7,10-21H2,1H3,(H2-,26,27,28,29,30,31)/p+1/b9-8+. The first-order valence-corrected chi connectivity index (χ1v) is 12.0. The molecule has 0 unspecified atom stereocenters. The number of carbonyl (C=O) groups is 3. The third kappa shape index (κ3) is 18.6. The van der Waals surface area contributed by atoms with Crippen molar-refractivity contribution in [3.8, 4) is 0 Å². The fourth-order valence-electron chi connectivity index (χ4n) is 3.83. The van der Waals surface area contributed by atoms with Crippen LogP contribution < -0.4 is 0 Å². The van der Waals surface area contributed by atoms with Crippen molar-refractivity contribution in [2.45, 2.75) is 96.8 Å². The highest BCUT2D eigenvalue weighted by atomic mass is 16.4. The van der Waals surface area contributed by atoms with Crippen molar-refractivity contribution in [1.82, 2.24) is 0 Å². The van der Waals surface area contributed by atoms with E-state index < -0.39 is 17.9 Å². The highest BCUT2D eigenvalue weighted by Crippen LogP contribution is 2.16. The summed E-state index contributed by atoms with van der Waals surface area (Å²) in [5, 5.41) is 27.2. The third-order valence-electron chi connectivity index (χ3n) is 5.79. The summed E-state index contributed by atoms with van der Waals surface area (Å²) in [6, 6.07) is 0. The van der Waals surface area contributed by atoms with E-state index in [-0.39, 0.29) is 43.4 Å². The zero-order valence-electron chi connectivity index (χ0n) is 19.4. The van der Waals surface area contributed by atoms with Gasteiger partial charge in [0.15, 0.2) is 0 Å². The highest BCUT2D eigenvalue weighted by Gasteiger charge is 2.29. The minimum absolute atomic E-state index is 0.0809. The lowest BCUT2D eigenvalue weighted by atomic mass is 10.1. The summed E-state index contributed by atoms with van der Waals surface area (Å²) < 4.78 is 0.253. The molecule has 7 nitrogen and oxygen atoms in total. The molecular formula is C24H44NO6+. The monoisotopic (exact) mass is 442 g/mol. The Morgan fingerprint density at radius 3 is 1.35 bits per heavy atom. The quantitative estimate of drug-likeness (QED) is 0.122. The molecule has 0 aromatic rings. The number of nitrogens with zero attached hydrogens (tertiary/aromatic N) is 1. The van der Waals surface area contributed by atoms with Crippen LogP contribution in [0.25, 0.3) is 0 Å². The Hall–Kier alpha value is -1.89. The first kappa shape index (κ1) is 29.1. The van der Waals surface area contributed by atoms with E-state index in [1.54, 1.807) is 0 Å². The number of aliphatic carboxylic acids is 3. The van der Waals surface area contributed by atoms with Gasteiger partial charge >= 0.3 is 17.9 Å². The Labute approximate surface area is 187 Å². The molecule has 0 radical (unpaired) electrons. The maximum atomic E-state index is 11.1. The Morgan fingerprint density at radius 1 is 0.581 bits per heavy atom. The van der Waals surface area contributed by atoms with Crippen LogP contribution in [0.2, 0.25) is 0 Å². The van der Waals surface area contributed by atoms with Gasteiger partial charge in [0.1, 0.15) is 0 Å². The van der Waals surface area contributed by atoms with E-state index in [2.05, 4.69) is 19.1 Å². The SMILES string of the molecule is CCCCCCC/C=C/CCCCCC[N+](CCC(=O)O)(CCC(=O)O)CCC(=O)O. The molecule has 0 heterocycles. The van der Waals surface area contributed by atoms with Crippen LogP contribution in [0.15, 0.2) is 12.2 Å². The summed E-state index contributed by atoms with van der Waals surface area (Å²) in [4.78, 5) is 33.2. The smallest absolute Gasteiger partial charge is 0.309 e. The lowest BCUT2D eigenvalue weighted by Gasteiger charge is -2.38. The molecule has 0 fully saturated rings. The van der Waals surface area contributed by atoms with E-state index in [9.17, 15) is 14.4 Å². The van der Waals surface area contributed by atoms with Gasteiger partial charge in [-0.05, 0) is 38.5 Å². The number of hydrogen-bond acceptors (Lipinski definition) is 3. The molecular weight excluding hydrogens is 398 g/mol. The lowest BCUT2D eigenvalue weighted by molar-refractivity contribution is -0.927.